The molecule has 168 valence electrons. The standard InChI is InChI=1S/C22H28O7P2/c1-21(2)15-25-30(23,27-19(21)17-11-7-5-8-12-17)29-31(24)26-16-22(3,4)20(28-31)18-13-9-6-10-14-18/h5-14,19-20H,15-16H2,1-4H3/t19-,20-,30?,31?/m1/s1. The zero-order valence-electron chi connectivity index (χ0n) is 18.1. The SMILES string of the molecule is CC1(C)CO[P+]([O-])(O[P+]2([O-])OCC(C)(C)[C@@H](c3ccccc3)O2)O[C@@H]1c1ccccc1. The van der Waals surface area contributed by atoms with E-state index in [4.69, 9.17) is 22.4 Å². The summed E-state index contributed by atoms with van der Waals surface area (Å²) in [6.45, 7) is 7.96. The fourth-order valence-electron chi connectivity index (χ4n) is 3.73. The van der Waals surface area contributed by atoms with Crippen LogP contribution in [-0.4, -0.2) is 13.2 Å². The molecule has 0 N–H and O–H groups in total. The van der Waals surface area contributed by atoms with Gasteiger partial charge in [-0.25, -0.2) is 0 Å². The zero-order chi connectivity index (χ0) is 22.3. The molecule has 0 amide bonds. The van der Waals surface area contributed by atoms with Crippen LogP contribution in [0, 0.1) is 10.8 Å². The van der Waals surface area contributed by atoms with E-state index in [-0.39, 0.29) is 13.2 Å². The first-order chi connectivity index (χ1) is 14.5. The molecule has 4 atom stereocenters. The van der Waals surface area contributed by atoms with Crippen LogP contribution in [0.5, 0.6) is 0 Å². The lowest BCUT2D eigenvalue weighted by Crippen LogP contribution is -2.42. The van der Waals surface area contributed by atoms with Crippen LogP contribution in [0.1, 0.15) is 51.0 Å². The van der Waals surface area contributed by atoms with E-state index in [1.54, 1.807) is 0 Å². The van der Waals surface area contributed by atoms with Crippen LogP contribution < -0.4 is 9.79 Å². The van der Waals surface area contributed by atoms with Gasteiger partial charge >= 0.3 is 16.3 Å². The Hall–Kier alpha value is -0.980. The molecule has 4 rings (SSSR count). The molecule has 31 heavy (non-hydrogen) atoms. The number of phosphoric acid groups is 2. The first-order valence-corrected chi connectivity index (χ1v) is 13.1. The van der Waals surface area contributed by atoms with E-state index in [1.165, 1.54) is 0 Å². The molecule has 9 heteroatoms. The third-order valence-corrected chi connectivity index (χ3v) is 8.91. The van der Waals surface area contributed by atoms with Crippen LogP contribution >= 0.6 is 16.3 Å². The summed E-state index contributed by atoms with van der Waals surface area (Å²) in [6.07, 6.45) is -1.16. The average molecular weight is 466 g/mol. The van der Waals surface area contributed by atoms with Crippen molar-refractivity contribution >= 4 is 16.3 Å². The van der Waals surface area contributed by atoms with Crippen LogP contribution in [0.25, 0.3) is 0 Å². The van der Waals surface area contributed by atoms with Crippen LogP contribution in [-0.2, 0) is 22.4 Å². The number of benzene rings is 2. The van der Waals surface area contributed by atoms with E-state index in [2.05, 4.69) is 0 Å². The minimum atomic E-state index is -4.22. The lowest BCUT2D eigenvalue weighted by atomic mass is 9.83. The van der Waals surface area contributed by atoms with Crippen molar-refractivity contribution in [3.8, 4) is 0 Å². The maximum atomic E-state index is 13.4. The topological polar surface area (TPSA) is 92.3 Å². The van der Waals surface area contributed by atoms with Crippen LogP contribution in [0.15, 0.2) is 60.7 Å². The highest BCUT2D eigenvalue weighted by Crippen LogP contribution is 2.77. The highest BCUT2D eigenvalue weighted by atomic mass is 31.3. The Morgan fingerprint density at radius 2 is 1.06 bits per heavy atom. The van der Waals surface area contributed by atoms with Gasteiger partial charge in [-0.3, -0.25) is 0 Å². The van der Waals surface area contributed by atoms with Crippen LogP contribution in [0.2, 0.25) is 0 Å². The third-order valence-electron chi connectivity index (χ3n) is 5.48. The second-order valence-corrected chi connectivity index (χ2v) is 12.7. The quantitative estimate of drug-likeness (QED) is 0.603. The Labute approximate surface area is 184 Å². The molecule has 0 bridgehead atoms. The van der Waals surface area contributed by atoms with Crippen molar-refractivity contribution < 1.29 is 32.2 Å². The van der Waals surface area contributed by atoms with Crippen LogP contribution in [0.3, 0.4) is 0 Å². The summed E-state index contributed by atoms with van der Waals surface area (Å²) in [5.41, 5.74) is 0.699. The van der Waals surface area contributed by atoms with E-state index in [9.17, 15) is 9.79 Å². The molecule has 0 spiro atoms. The Bertz CT molecular complexity index is 822. The number of phosphoric ester groups is 2. The fraction of sp³-hybridized carbons (Fsp3) is 0.455. The molecule has 7 nitrogen and oxygen atoms in total. The van der Waals surface area contributed by atoms with Crippen molar-refractivity contribution in [1.82, 2.24) is 0 Å². The zero-order valence-corrected chi connectivity index (χ0v) is 19.9. The molecular weight excluding hydrogens is 438 g/mol. The summed E-state index contributed by atoms with van der Waals surface area (Å²) in [7, 11) is -8.44. The third kappa shape index (κ3) is 5.01. The lowest BCUT2D eigenvalue weighted by molar-refractivity contribution is -0.296. The monoisotopic (exact) mass is 466 g/mol. The summed E-state index contributed by atoms with van der Waals surface area (Å²) >= 11 is 0. The van der Waals surface area contributed by atoms with Crippen molar-refractivity contribution in [2.45, 2.75) is 39.9 Å². The normalized spacial score (nSPS) is 34.9. The summed E-state index contributed by atoms with van der Waals surface area (Å²) in [5, 5.41) is 0. The van der Waals surface area contributed by atoms with E-state index in [1.807, 2.05) is 88.4 Å². The number of hydrogen-bond donors (Lipinski definition) is 0. The smallest absolute Gasteiger partial charge is 0.437 e. The van der Waals surface area contributed by atoms with Crippen molar-refractivity contribution in [2.24, 2.45) is 10.8 Å². The molecule has 2 aromatic rings. The van der Waals surface area contributed by atoms with Gasteiger partial charge in [0, 0.05) is 15.1 Å². The molecule has 0 aliphatic carbocycles. The van der Waals surface area contributed by atoms with Crippen molar-refractivity contribution in [3.05, 3.63) is 71.8 Å². The molecule has 0 radical (unpaired) electrons. The van der Waals surface area contributed by atoms with E-state index >= 15 is 0 Å². The minimum absolute atomic E-state index is 0.0947. The molecule has 2 heterocycles. The van der Waals surface area contributed by atoms with Crippen molar-refractivity contribution in [1.29, 1.82) is 0 Å². The number of hydrogen-bond acceptors (Lipinski definition) is 7. The van der Waals surface area contributed by atoms with Gasteiger partial charge in [-0.15, -0.1) is 0 Å². The first kappa shape index (κ1) is 23.2. The Morgan fingerprint density at radius 3 is 1.42 bits per heavy atom. The second kappa shape index (κ2) is 8.42. The summed E-state index contributed by atoms with van der Waals surface area (Å²) in [4.78, 5) is 26.8. The van der Waals surface area contributed by atoms with Gasteiger partial charge < -0.3 is 9.79 Å². The maximum absolute atomic E-state index is 13.4. The summed E-state index contributed by atoms with van der Waals surface area (Å²) in [6, 6.07) is 18.8. The van der Waals surface area contributed by atoms with Gasteiger partial charge in [0.2, 0.25) is 0 Å². The van der Waals surface area contributed by atoms with E-state index < -0.39 is 39.4 Å². The molecular formula is C22H28O7P2. The van der Waals surface area contributed by atoms with Gasteiger partial charge in [-0.2, -0.15) is 18.1 Å². The highest BCUT2D eigenvalue weighted by molar-refractivity contribution is 7.67. The first-order valence-electron chi connectivity index (χ1n) is 10.2. The maximum Gasteiger partial charge on any atom is 0.437 e. The molecule has 0 saturated carbocycles. The highest BCUT2D eigenvalue weighted by Gasteiger charge is 2.62. The molecule has 2 aliphatic rings. The molecule has 0 aromatic heterocycles. The molecule has 2 unspecified atom stereocenters. The summed E-state index contributed by atoms with van der Waals surface area (Å²) < 4.78 is 28.0. The molecule has 2 fully saturated rings. The predicted molar refractivity (Wildman–Crippen MR) is 115 cm³/mol. The van der Waals surface area contributed by atoms with Crippen molar-refractivity contribution in [3.63, 3.8) is 0 Å². The van der Waals surface area contributed by atoms with Crippen LogP contribution in [0.4, 0.5) is 0 Å². The van der Waals surface area contributed by atoms with E-state index in [0.29, 0.717) is 0 Å². The van der Waals surface area contributed by atoms with Gasteiger partial charge in [-0.05, 0) is 11.1 Å². The Kier molecular flexibility index (Phi) is 6.30. The number of rotatable bonds is 4. The second-order valence-electron chi connectivity index (χ2n) is 9.29. The lowest BCUT2D eigenvalue weighted by Gasteiger charge is -2.45. The minimum Gasteiger partial charge on any atom is -0.602 e. The Morgan fingerprint density at radius 1 is 0.710 bits per heavy atom. The van der Waals surface area contributed by atoms with Gasteiger partial charge in [0.15, 0.2) is 0 Å². The Balaban J connectivity index is 1.56. The fourth-order valence-corrected chi connectivity index (χ4v) is 7.83. The molecule has 2 saturated heterocycles. The van der Waals surface area contributed by atoms with Gasteiger partial charge in [-0.1, -0.05) is 88.4 Å². The van der Waals surface area contributed by atoms with E-state index in [0.717, 1.165) is 11.1 Å². The summed E-state index contributed by atoms with van der Waals surface area (Å²) in [5.74, 6) is 0. The van der Waals surface area contributed by atoms with Gasteiger partial charge in [0.25, 0.3) is 0 Å². The van der Waals surface area contributed by atoms with Gasteiger partial charge in [0.05, 0.1) is 0 Å². The van der Waals surface area contributed by atoms with Crippen molar-refractivity contribution in [2.75, 3.05) is 13.2 Å². The predicted octanol–water partition coefficient (Wildman–Crippen LogP) is 4.71. The molecule has 2 aliphatic heterocycles. The molecule has 2 aromatic carbocycles. The van der Waals surface area contributed by atoms with Gasteiger partial charge in [0.1, 0.15) is 25.4 Å². The average Bonchev–Trinajstić information content (AvgIpc) is 2.74. The largest absolute Gasteiger partial charge is 0.602 e.